The van der Waals surface area contributed by atoms with E-state index in [4.69, 9.17) is 5.73 Å². The minimum atomic E-state index is -0.225. The number of H-pyrrole nitrogens is 1. The minimum absolute atomic E-state index is 0.0759. The van der Waals surface area contributed by atoms with Crippen LogP contribution in [0.4, 0.5) is 5.82 Å². The number of anilines is 1. The molecular weight excluding hydrogens is 228 g/mol. The predicted molar refractivity (Wildman–Crippen MR) is 70.1 cm³/mol. The number of carbonyl (C=O) groups is 1. The summed E-state index contributed by atoms with van der Waals surface area (Å²) in [5.74, 6) is 0.0569. The third kappa shape index (κ3) is 2.34. The van der Waals surface area contributed by atoms with Crippen molar-refractivity contribution < 1.29 is 4.79 Å². The summed E-state index contributed by atoms with van der Waals surface area (Å²) < 4.78 is 0. The second-order valence-electron chi connectivity index (χ2n) is 4.25. The molecule has 18 heavy (non-hydrogen) atoms. The highest BCUT2D eigenvalue weighted by molar-refractivity contribution is 5.98. The summed E-state index contributed by atoms with van der Waals surface area (Å²) >= 11 is 0. The van der Waals surface area contributed by atoms with Gasteiger partial charge in [-0.1, -0.05) is 24.3 Å². The average Bonchev–Trinajstić information content (AvgIpc) is 2.76. The molecule has 1 amide bonds. The Labute approximate surface area is 105 Å². The Morgan fingerprint density at radius 3 is 2.78 bits per heavy atom. The molecule has 94 valence electrons. The first kappa shape index (κ1) is 12.2. The number of aromatic amines is 1. The van der Waals surface area contributed by atoms with Crippen molar-refractivity contribution >= 4 is 11.7 Å². The summed E-state index contributed by atoms with van der Waals surface area (Å²) in [4.78, 5) is 12.0. The van der Waals surface area contributed by atoms with Crippen LogP contribution in [0.3, 0.4) is 0 Å². The third-order valence-electron chi connectivity index (χ3n) is 2.92. The molecule has 0 saturated heterocycles. The molecule has 5 heteroatoms. The van der Waals surface area contributed by atoms with Crippen molar-refractivity contribution in [2.75, 3.05) is 5.73 Å². The number of nitrogens with zero attached hydrogens (tertiary/aromatic N) is 1. The SMILES string of the molecule is Cc1ccccc1C(C)NC(=O)c1cn[nH]c1N. The molecule has 1 aromatic carbocycles. The van der Waals surface area contributed by atoms with Crippen LogP contribution in [0.15, 0.2) is 30.5 Å². The lowest BCUT2D eigenvalue weighted by Crippen LogP contribution is -2.27. The number of benzene rings is 1. The maximum atomic E-state index is 12.0. The van der Waals surface area contributed by atoms with E-state index in [-0.39, 0.29) is 17.8 Å². The van der Waals surface area contributed by atoms with Crippen LogP contribution in [0, 0.1) is 6.92 Å². The lowest BCUT2D eigenvalue weighted by molar-refractivity contribution is 0.0941. The van der Waals surface area contributed by atoms with Crippen LogP contribution in [0.5, 0.6) is 0 Å². The second-order valence-corrected chi connectivity index (χ2v) is 4.25. The maximum absolute atomic E-state index is 12.0. The van der Waals surface area contributed by atoms with Gasteiger partial charge in [-0.3, -0.25) is 9.89 Å². The molecule has 0 radical (unpaired) electrons. The molecule has 1 heterocycles. The van der Waals surface area contributed by atoms with Gasteiger partial charge in [-0.05, 0) is 25.0 Å². The average molecular weight is 244 g/mol. The Hall–Kier alpha value is -2.30. The van der Waals surface area contributed by atoms with Gasteiger partial charge in [0.25, 0.3) is 5.91 Å². The summed E-state index contributed by atoms with van der Waals surface area (Å²) in [7, 11) is 0. The molecule has 1 unspecified atom stereocenters. The van der Waals surface area contributed by atoms with Gasteiger partial charge >= 0.3 is 0 Å². The van der Waals surface area contributed by atoms with Crippen molar-refractivity contribution in [1.29, 1.82) is 0 Å². The van der Waals surface area contributed by atoms with E-state index in [2.05, 4.69) is 15.5 Å². The molecule has 0 spiro atoms. The van der Waals surface area contributed by atoms with Gasteiger partial charge in [0.2, 0.25) is 0 Å². The van der Waals surface area contributed by atoms with Crippen LogP contribution >= 0.6 is 0 Å². The molecule has 2 aromatic rings. The first-order valence-corrected chi connectivity index (χ1v) is 5.75. The van der Waals surface area contributed by atoms with Gasteiger partial charge in [0.05, 0.1) is 12.2 Å². The summed E-state index contributed by atoms with van der Waals surface area (Å²) in [6, 6.07) is 7.87. The first-order valence-electron chi connectivity index (χ1n) is 5.75. The number of amides is 1. The fourth-order valence-corrected chi connectivity index (χ4v) is 1.90. The van der Waals surface area contributed by atoms with Crippen molar-refractivity contribution in [3.8, 4) is 0 Å². The molecule has 0 aliphatic carbocycles. The number of aryl methyl sites for hydroxylation is 1. The zero-order valence-electron chi connectivity index (χ0n) is 10.4. The highest BCUT2D eigenvalue weighted by atomic mass is 16.1. The molecule has 4 N–H and O–H groups in total. The predicted octanol–water partition coefficient (Wildman–Crippen LogP) is 1.79. The number of hydrogen-bond acceptors (Lipinski definition) is 3. The number of nitrogens with two attached hydrogens (primary N) is 1. The molecule has 0 fully saturated rings. The van der Waals surface area contributed by atoms with E-state index in [0.717, 1.165) is 11.1 Å². The van der Waals surface area contributed by atoms with E-state index in [0.29, 0.717) is 5.56 Å². The molecule has 5 nitrogen and oxygen atoms in total. The molecule has 0 aliphatic heterocycles. The summed E-state index contributed by atoms with van der Waals surface area (Å²) in [6.07, 6.45) is 1.43. The van der Waals surface area contributed by atoms with Crippen LogP contribution in [-0.2, 0) is 0 Å². The largest absolute Gasteiger partial charge is 0.383 e. The van der Waals surface area contributed by atoms with Gasteiger partial charge in [-0.15, -0.1) is 0 Å². The summed E-state index contributed by atoms with van der Waals surface area (Å²) in [5.41, 5.74) is 8.21. The first-order chi connectivity index (χ1) is 8.59. The fraction of sp³-hybridized carbons (Fsp3) is 0.231. The van der Waals surface area contributed by atoms with Gasteiger partial charge < -0.3 is 11.1 Å². The molecular formula is C13H16N4O. The topological polar surface area (TPSA) is 83.8 Å². The zero-order valence-corrected chi connectivity index (χ0v) is 10.4. The van der Waals surface area contributed by atoms with Crippen LogP contribution in [0.1, 0.15) is 34.5 Å². The van der Waals surface area contributed by atoms with Gasteiger partial charge in [0.1, 0.15) is 11.4 Å². The van der Waals surface area contributed by atoms with Crippen LogP contribution < -0.4 is 11.1 Å². The smallest absolute Gasteiger partial charge is 0.257 e. The van der Waals surface area contributed by atoms with Gasteiger partial charge in [0, 0.05) is 0 Å². The Kier molecular flexibility index (Phi) is 3.32. The molecule has 1 aromatic heterocycles. The van der Waals surface area contributed by atoms with E-state index in [1.54, 1.807) is 0 Å². The molecule has 0 bridgehead atoms. The summed E-state index contributed by atoms with van der Waals surface area (Å²) in [6.45, 7) is 3.96. The van der Waals surface area contributed by atoms with Crippen molar-refractivity contribution in [2.24, 2.45) is 0 Å². The highest BCUT2D eigenvalue weighted by Crippen LogP contribution is 2.17. The zero-order chi connectivity index (χ0) is 13.1. The van der Waals surface area contributed by atoms with Crippen LogP contribution in [-0.4, -0.2) is 16.1 Å². The number of hydrogen-bond donors (Lipinski definition) is 3. The highest BCUT2D eigenvalue weighted by Gasteiger charge is 2.15. The van der Waals surface area contributed by atoms with Crippen LogP contribution in [0.2, 0.25) is 0 Å². The number of nitrogens with one attached hydrogen (secondary N) is 2. The van der Waals surface area contributed by atoms with E-state index < -0.39 is 0 Å². The number of carbonyl (C=O) groups excluding carboxylic acids is 1. The van der Waals surface area contributed by atoms with E-state index in [9.17, 15) is 4.79 Å². The van der Waals surface area contributed by atoms with Crippen molar-refractivity contribution in [1.82, 2.24) is 15.5 Å². The third-order valence-corrected chi connectivity index (χ3v) is 2.92. The van der Waals surface area contributed by atoms with Crippen molar-refractivity contribution in [2.45, 2.75) is 19.9 Å². The molecule has 0 aliphatic rings. The molecule has 1 atom stereocenters. The standard InChI is InChI=1S/C13H16N4O/c1-8-5-3-4-6-10(8)9(2)16-13(18)11-7-15-17-12(11)14/h3-7,9H,1-2H3,(H,16,18)(H3,14,15,17). The quantitative estimate of drug-likeness (QED) is 0.769. The molecule has 2 rings (SSSR count). The Morgan fingerprint density at radius 1 is 1.44 bits per heavy atom. The van der Waals surface area contributed by atoms with E-state index in [1.165, 1.54) is 6.20 Å². The van der Waals surface area contributed by atoms with Gasteiger partial charge in [-0.25, -0.2) is 0 Å². The maximum Gasteiger partial charge on any atom is 0.257 e. The van der Waals surface area contributed by atoms with E-state index in [1.807, 2.05) is 38.1 Å². The van der Waals surface area contributed by atoms with Gasteiger partial charge in [-0.2, -0.15) is 5.10 Å². The lowest BCUT2D eigenvalue weighted by atomic mass is 10.0. The van der Waals surface area contributed by atoms with E-state index >= 15 is 0 Å². The van der Waals surface area contributed by atoms with Crippen molar-refractivity contribution in [3.63, 3.8) is 0 Å². The Balaban J connectivity index is 2.13. The minimum Gasteiger partial charge on any atom is -0.383 e. The number of nitrogen functional groups attached to an aromatic ring is 1. The lowest BCUT2D eigenvalue weighted by Gasteiger charge is -2.16. The normalized spacial score (nSPS) is 12.1. The van der Waals surface area contributed by atoms with Crippen LogP contribution in [0.25, 0.3) is 0 Å². The number of rotatable bonds is 3. The van der Waals surface area contributed by atoms with Crippen molar-refractivity contribution in [3.05, 3.63) is 47.2 Å². The summed E-state index contributed by atoms with van der Waals surface area (Å²) in [5, 5.41) is 9.17. The number of aromatic nitrogens is 2. The molecule has 0 saturated carbocycles. The Bertz CT molecular complexity index is 562. The second kappa shape index (κ2) is 4.91. The monoisotopic (exact) mass is 244 g/mol. The Morgan fingerprint density at radius 2 is 2.17 bits per heavy atom. The fourth-order valence-electron chi connectivity index (χ4n) is 1.90. The van der Waals surface area contributed by atoms with Gasteiger partial charge in [0.15, 0.2) is 0 Å².